The van der Waals surface area contributed by atoms with Crippen LogP contribution in [0.1, 0.15) is 6.42 Å². The van der Waals surface area contributed by atoms with Crippen molar-refractivity contribution in [2.24, 2.45) is 10.7 Å². The SMILES string of the molecule is NC1=NC2CC(Cl)=CC=C2O1. The van der Waals surface area contributed by atoms with Gasteiger partial charge in [0.1, 0.15) is 11.8 Å². The molecule has 0 saturated heterocycles. The molecule has 4 heteroatoms. The Morgan fingerprint density at radius 3 is 3.27 bits per heavy atom. The summed E-state index contributed by atoms with van der Waals surface area (Å²) in [7, 11) is 0. The fourth-order valence-corrected chi connectivity index (χ4v) is 1.36. The molecule has 0 saturated carbocycles. The summed E-state index contributed by atoms with van der Waals surface area (Å²) in [5.74, 6) is 0.798. The number of amidine groups is 1. The Morgan fingerprint density at radius 2 is 2.45 bits per heavy atom. The van der Waals surface area contributed by atoms with Crippen molar-refractivity contribution < 1.29 is 4.74 Å². The number of rotatable bonds is 0. The number of hydrogen-bond acceptors (Lipinski definition) is 3. The van der Waals surface area contributed by atoms with Gasteiger partial charge in [-0.15, -0.1) is 0 Å². The molecule has 58 valence electrons. The van der Waals surface area contributed by atoms with Crippen molar-refractivity contribution in [3.8, 4) is 0 Å². The van der Waals surface area contributed by atoms with E-state index in [-0.39, 0.29) is 12.1 Å². The molecular weight excluding hydrogens is 164 g/mol. The van der Waals surface area contributed by atoms with Gasteiger partial charge < -0.3 is 10.5 Å². The average molecular weight is 171 g/mol. The molecule has 1 unspecified atom stereocenters. The maximum Gasteiger partial charge on any atom is 0.287 e. The molecule has 1 aliphatic carbocycles. The second-order valence-corrected chi connectivity index (χ2v) is 2.96. The zero-order valence-electron chi connectivity index (χ0n) is 5.75. The number of nitrogens with zero attached hydrogens (tertiary/aromatic N) is 1. The van der Waals surface area contributed by atoms with Gasteiger partial charge in [-0.3, -0.25) is 0 Å². The van der Waals surface area contributed by atoms with Gasteiger partial charge in [0.25, 0.3) is 6.02 Å². The first-order valence-electron chi connectivity index (χ1n) is 3.33. The minimum absolute atomic E-state index is 0.0208. The van der Waals surface area contributed by atoms with Gasteiger partial charge in [0.05, 0.1) is 0 Å². The zero-order chi connectivity index (χ0) is 7.84. The fraction of sp³-hybridized carbons (Fsp3) is 0.286. The van der Waals surface area contributed by atoms with Crippen molar-refractivity contribution in [2.75, 3.05) is 0 Å². The van der Waals surface area contributed by atoms with Gasteiger partial charge in [-0.1, -0.05) is 11.6 Å². The summed E-state index contributed by atoms with van der Waals surface area (Å²) in [6.45, 7) is 0. The Labute approximate surface area is 69.2 Å². The maximum absolute atomic E-state index is 5.78. The molecule has 0 spiro atoms. The molecule has 11 heavy (non-hydrogen) atoms. The van der Waals surface area contributed by atoms with E-state index in [0.717, 1.165) is 10.8 Å². The number of halogens is 1. The van der Waals surface area contributed by atoms with Crippen LogP contribution in [0.4, 0.5) is 0 Å². The minimum Gasteiger partial charge on any atom is -0.428 e. The van der Waals surface area contributed by atoms with Crippen molar-refractivity contribution in [3.05, 3.63) is 22.9 Å². The van der Waals surface area contributed by atoms with Gasteiger partial charge in [-0.2, -0.15) is 0 Å². The van der Waals surface area contributed by atoms with Crippen molar-refractivity contribution in [2.45, 2.75) is 12.5 Å². The third kappa shape index (κ3) is 1.12. The Bertz CT molecular complexity index is 280. The molecule has 1 heterocycles. The van der Waals surface area contributed by atoms with Gasteiger partial charge in [-0.25, -0.2) is 4.99 Å². The maximum atomic E-state index is 5.78. The summed E-state index contributed by atoms with van der Waals surface area (Å²) >= 11 is 5.78. The molecule has 1 atom stereocenters. The van der Waals surface area contributed by atoms with Crippen LogP contribution < -0.4 is 5.73 Å². The van der Waals surface area contributed by atoms with Gasteiger partial charge in [0.2, 0.25) is 0 Å². The molecular formula is C7H7ClN2O. The lowest BCUT2D eigenvalue weighted by atomic mass is 10.1. The highest BCUT2D eigenvalue weighted by Crippen LogP contribution is 2.28. The summed E-state index contributed by atoms with van der Waals surface area (Å²) in [6.07, 6.45) is 4.31. The smallest absolute Gasteiger partial charge is 0.287 e. The van der Waals surface area contributed by atoms with Gasteiger partial charge in [0.15, 0.2) is 0 Å². The lowest BCUT2D eigenvalue weighted by Crippen LogP contribution is -2.10. The molecule has 0 fully saturated rings. The predicted octanol–water partition coefficient (Wildman–Crippen LogP) is 1.11. The van der Waals surface area contributed by atoms with Crippen LogP contribution in [0.3, 0.4) is 0 Å². The van der Waals surface area contributed by atoms with E-state index in [0.29, 0.717) is 6.42 Å². The fourth-order valence-electron chi connectivity index (χ4n) is 1.15. The largest absolute Gasteiger partial charge is 0.428 e. The van der Waals surface area contributed by atoms with E-state index >= 15 is 0 Å². The van der Waals surface area contributed by atoms with Crippen LogP contribution in [0.15, 0.2) is 27.9 Å². The van der Waals surface area contributed by atoms with Crippen LogP contribution in [-0.4, -0.2) is 12.1 Å². The Balaban J connectivity index is 2.27. The van der Waals surface area contributed by atoms with E-state index < -0.39 is 0 Å². The van der Waals surface area contributed by atoms with Crippen molar-refractivity contribution >= 4 is 17.6 Å². The van der Waals surface area contributed by atoms with E-state index in [2.05, 4.69) is 4.99 Å². The normalized spacial score (nSPS) is 28.1. The van der Waals surface area contributed by atoms with Crippen LogP contribution in [0.25, 0.3) is 0 Å². The first-order chi connectivity index (χ1) is 5.25. The highest BCUT2D eigenvalue weighted by Gasteiger charge is 2.26. The molecule has 0 aromatic rings. The van der Waals surface area contributed by atoms with E-state index in [1.165, 1.54) is 0 Å². The summed E-state index contributed by atoms with van der Waals surface area (Å²) in [4.78, 5) is 4.04. The molecule has 0 aromatic carbocycles. The first-order valence-corrected chi connectivity index (χ1v) is 3.71. The van der Waals surface area contributed by atoms with Gasteiger partial charge >= 0.3 is 0 Å². The van der Waals surface area contributed by atoms with Gasteiger partial charge in [0, 0.05) is 11.5 Å². The standard InChI is InChI=1S/C7H7ClN2O/c8-4-1-2-6-5(3-4)10-7(9)11-6/h1-2,5H,3H2,(H2,9,10). The lowest BCUT2D eigenvalue weighted by molar-refractivity contribution is 0.407. The third-order valence-electron chi connectivity index (χ3n) is 1.65. The molecule has 0 bridgehead atoms. The van der Waals surface area contributed by atoms with Crippen LogP contribution in [0.2, 0.25) is 0 Å². The Kier molecular flexibility index (Phi) is 1.39. The van der Waals surface area contributed by atoms with E-state index in [9.17, 15) is 0 Å². The van der Waals surface area contributed by atoms with Gasteiger partial charge in [-0.05, 0) is 12.2 Å². The van der Waals surface area contributed by atoms with E-state index in [1.54, 1.807) is 6.08 Å². The van der Waals surface area contributed by atoms with Crippen LogP contribution >= 0.6 is 11.6 Å². The minimum atomic E-state index is 0.0208. The van der Waals surface area contributed by atoms with E-state index in [4.69, 9.17) is 22.1 Å². The van der Waals surface area contributed by atoms with Crippen molar-refractivity contribution in [1.82, 2.24) is 0 Å². The monoisotopic (exact) mass is 170 g/mol. The number of fused-ring (bicyclic) bond motifs is 1. The molecule has 2 rings (SSSR count). The molecule has 2 N–H and O–H groups in total. The second kappa shape index (κ2) is 2.27. The quantitative estimate of drug-likeness (QED) is 0.592. The summed E-state index contributed by atoms with van der Waals surface area (Å²) < 4.78 is 5.10. The van der Waals surface area contributed by atoms with Crippen molar-refractivity contribution in [3.63, 3.8) is 0 Å². The molecule has 0 aromatic heterocycles. The number of nitrogens with two attached hydrogens (primary N) is 1. The number of aliphatic imine (C=N–C) groups is 1. The molecule has 0 amide bonds. The lowest BCUT2D eigenvalue weighted by Gasteiger charge is -2.10. The first kappa shape index (κ1) is 6.73. The summed E-state index contributed by atoms with van der Waals surface area (Å²) in [5, 5.41) is 0.792. The van der Waals surface area contributed by atoms with Crippen LogP contribution in [0, 0.1) is 0 Å². The second-order valence-electron chi connectivity index (χ2n) is 2.47. The number of ether oxygens (including phenoxy) is 1. The summed E-state index contributed by atoms with van der Waals surface area (Å²) in [5.41, 5.74) is 5.36. The summed E-state index contributed by atoms with van der Waals surface area (Å²) in [6, 6.07) is 0.258. The Hall–Kier alpha value is -0.960. The zero-order valence-corrected chi connectivity index (χ0v) is 6.51. The van der Waals surface area contributed by atoms with Crippen molar-refractivity contribution in [1.29, 1.82) is 0 Å². The molecule has 0 radical (unpaired) electrons. The number of hydrogen-bond donors (Lipinski definition) is 1. The molecule has 2 aliphatic rings. The predicted molar refractivity (Wildman–Crippen MR) is 43.1 cm³/mol. The van der Waals surface area contributed by atoms with E-state index in [1.807, 2.05) is 6.08 Å². The molecule has 3 nitrogen and oxygen atoms in total. The third-order valence-corrected chi connectivity index (χ3v) is 1.93. The molecule has 1 aliphatic heterocycles. The number of allylic oxidation sites excluding steroid dienone is 2. The average Bonchev–Trinajstić information content (AvgIpc) is 2.27. The highest BCUT2D eigenvalue weighted by atomic mass is 35.5. The topological polar surface area (TPSA) is 47.6 Å². The van der Waals surface area contributed by atoms with Crippen LogP contribution in [-0.2, 0) is 4.74 Å². The Morgan fingerprint density at radius 1 is 1.64 bits per heavy atom. The van der Waals surface area contributed by atoms with Crippen LogP contribution in [0.5, 0.6) is 0 Å². The highest BCUT2D eigenvalue weighted by molar-refractivity contribution is 6.29.